The van der Waals surface area contributed by atoms with Crippen LogP contribution in [0, 0.1) is 0 Å². The molecule has 122 valence electrons. The first-order chi connectivity index (χ1) is 10.0. The van der Waals surface area contributed by atoms with E-state index in [0.29, 0.717) is 11.3 Å². The molecule has 0 unspecified atom stereocenters. The van der Waals surface area contributed by atoms with Crippen molar-refractivity contribution in [2.45, 2.75) is 6.18 Å². The number of carbonyl (C=O) groups excluding carboxylic acids is 2. The summed E-state index contributed by atoms with van der Waals surface area (Å²) in [6.45, 7) is -0.0721. The number of aliphatic carboxylic acids is 1. The highest BCUT2D eigenvalue weighted by molar-refractivity contribution is 5.97. The summed E-state index contributed by atoms with van der Waals surface area (Å²) in [7, 11) is 1.59. The number of nitrogens with two attached hydrogens (primary N) is 2. The Morgan fingerprint density at radius 3 is 2.14 bits per heavy atom. The zero-order chi connectivity index (χ0) is 17.5. The van der Waals surface area contributed by atoms with Crippen LogP contribution in [0.2, 0.25) is 0 Å². The smallest absolute Gasteiger partial charge is 0.475 e. The van der Waals surface area contributed by atoms with Crippen molar-refractivity contribution in [3.05, 3.63) is 29.8 Å². The Bertz CT molecular complexity index is 561. The molecular formula is C12H14F3N3O4. The van der Waals surface area contributed by atoms with Crippen LogP contribution in [0.3, 0.4) is 0 Å². The average Bonchev–Trinajstić information content (AvgIpc) is 2.45. The summed E-state index contributed by atoms with van der Waals surface area (Å²) in [5.41, 5.74) is 11.3. The maximum atomic E-state index is 11.3. The second-order valence-corrected chi connectivity index (χ2v) is 3.87. The molecule has 0 saturated heterocycles. The van der Waals surface area contributed by atoms with Gasteiger partial charge in [-0.1, -0.05) is 6.07 Å². The molecule has 7 nitrogen and oxygen atoms in total. The number of nitrogens with zero attached hydrogens (tertiary/aromatic N) is 1. The Balaban J connectivity index is 0.000000534. The van der Waals surface area contributed by atoms with E-state index in [1.54, 1.807) is 31.3 Å². The molecular weight excluding hydrogens is 307 g/mol. The summed E-state index contributed by atoms with van der Waals surface area (Å²) in [6.07, 6.45) is -5.08. The second kappa shape index (κ2) is 7.98. The quantitative estimate of drug-likeness (QED) is 0.740. The van der Waals surface area contributed by atoms with Crippen LogP contribution in [-0.2, 0) is 9.59 Å². The molecule has 22 heavy (non-hydrogen) atoms. The van der Waals surface area contributed by atoms with Crippen molar-refractivity contribution >= 4 is 23.5 Å². The fourth-order valence-corrected chi connectivity index (χ4v) is 1.15. The Hall–Kier alpha value is -2.62. The molecule has 1 rings (SSSR count). The van der Waals surface area contributed by atoms with Crippen molar-refractivity contribution in [1.82, 2.24) is 0 Å². The third-order valence-electron chi connectivity index (χ3n) is 2.31. The second-order valence-electron chi connectivity index (χ2n) is 3.87. The predicted octanol–water partition coefficient (Wildman–Crippen LogP) is 0.340. The van der Waals surface area contributed by atoms with Crippen molar-refractivity contribution in [1.29, 1.82) is 0 Å². The maximum absolute atomic E-state index is 11.3. The lowest BCUT2D eigenvalue weighted by Gasteiger charge is -2.16. The van der Waals surface area contributed by atoms with E-state index in [1.807, 2.05) is 0 Å². The first kappa shape index (κ1) is 19.4. The zero-order valence-corrected chi connectivity index (χ0v) is 11.4. The van der Waals surface area contributed by atoms with Crippen LogP contribution >= 0.6 is 0 Å². The highest BCUT2D eigenvalue weighted by Crippen LogP contribution is 2.14. The normalized spacial score (nSPS) is 10.2. The van der Waals surface area contributed by atoms with Crippen molar-refractivity contribution < 1.29 is 32.7 Å². The first-order valence-electron chi connectivity index (χ1n) is 5.67. The van der Waals surface area contributed by atoms with Crippen LogP contribution < -0.4 is 16.4 Å². The summed E-state index contributed by atoms with van der Waals surface area (Å²) in [6, 6.07) is 6.51. The number of benzene rings is 1. The van der Waals surface area contributed by atoms with Gasteiger partial charge >= 0.3 is 12.1 Å². The molecule has 1 aromatic carbocycles. The van der Waals surface area contributed by atoms with Gasteiger partial charge in [0.2, 0.25) is 11.8 Å². The number of hydrogen-bond acceptors (Lipinski definition) is 4. The zero-order valence-electron chi connectivity index (χ0n) is 11.4. The summed E-state index contributed by atoms with van der Waals surface area (Å²) in [5, 5.41) is 7.12. The lowest BCUT2D eigenvalue weighted by molar-refractivity contribution is -0.192. The first-order valence-corrected chi connectivity index (χ1v) is 5.67. The number of halogens is 3. The number of carboxylic acid groups (broad SMARTS) is 1. The van der Waals surface area contributed by atoms with Gasteiger partial charge in [-0.2, -0.15) is 13.2 Å². The van der Waals surface area contributed by atoms with E-state index in [1.165, 1.54) is 4.90 Å². The number of primary amides is 1. The lowest BCUT2D eigenvalue weighted by Crippen LogP contribution is -2.32. The molecule has 0 aliphatic heterocycles. The van der Waals surface area contributed by atoms with E-state index >= 15 is 0 Å². The summed E-state index contributed by atoms with van der Waals surface area (Å²) in [5.74, 6) is -3.51. The number of carbonyl (C=O) groups is 3. The van der Waals surface area contributed by atoms with Gasteiger partial charge < -0.3 is 21.5 Å². The van der Waals surface area contributed by atoms with Gasteiger partial charge in [-0.25, -0.2) is 4.79 Å². The van der Waals surface area contributed by atoms with Gasteiger partial charge in [0.1, 0.15) is 0 Å². The summed E-state index contributed by atoms with van der Waals surface area (Å²) >= 11 is 0. The molecule has 0 aromatic heterocycles. The van der Waals surface area contributed by atoms with Gasteiger partial charge in [-0.05, 0) is 18.2 Å². The van der Waals surface area contributed by atoms with Gasteiger partial charge in [-0.15, -0.1) is 0 Å². The van der Waals surface area contributed by atoms with Crippen LogP contribution in [0.4, 0.5) is 18.9 Å². The van der Waals surface area contributed by atoms with Crippen LogP contribution in [0.1, 0.15) is 10.4 Å². The van der Waals surface area contributed by atoms with Crippen LogP contribution in [0.25, 0.3) is 0 Å². The SMILES string of the molecule is CN(C(=O)CN)c1cccc(C(N)=O)c1.O=C(O)C(F)(F)F. The molecule has 0 heterocycles. The van der Waals surface area contributed by atoms with E-state index in [4.69, 9.17) is 21.4 Å². The minimum atomic E-state index is -5.08. The fourth-order valence-electron chi connectivity index (χ4n) is 1.15. The molecule has 0 spiro atoms. The monoisotopic (exact) mass is 321 g/mol. The van der Waals surface area contributed by atoms with E-state index < -0.39 is 18.1 Å². The summed E-state index contributed by atoms with van der Waals surface area (Å²) in [4.78, 5) is 32.5. The molecule has 0 bridgehead atoms. The molecule has 1 aromatic rings. The highest BCUT2D eigenvalue weighted by atomic mass is 19.4. The Labute approximate surface area is 123 Å². The standard InChI is InChI=1S/C10H13N3O2.C2HF3O2/c1-13(9(14)6-11)8-4-2-3-7(5-8)10(12)15;3-2(4,5)1(6)7/h2-5H,6,11H2,1H3,(H2,12,15);(H,6,7). The number of rotatable bonds is 3. The van der Waals surface area contributed by atoms with Crippen LogP contribution in [0.15, 0.2) is 24.3 Å². The number of anilines is 1. The predicted molar refractivity (Wildman–Crippen MR) is 71.1 cm³/mol. The maximum Gasteiger partial charge on any atom is 0.490 e. The van der Waals surface area contributed by atoms with Crippen LogP contribution in [-0.4, -0.2) is 42.7 Å². The van der Waals surface area contributed by atoms with Gasteiger partial charge in [0.25, 0.3) is 0 Å². The third kappa shape index (κ3) is 6.22. The number of likely N-dealkylation sites (N-methyl/N-ethyl adjacent to an activating group) is 1. The van der Waals surface area contributed by atoms with Crippen molar-refractivity contribution in [2.75, 3.05) is 18.5 Å². The largest absolute Gasteiger partial charge is 0.490 e. The van der Waals surface area contributed by atoms with Crippen molar-refractivity contribution in [3.8, 4) is 0 Å². The summed E-state index contributed by atoms with van der Waals surface area (Å²) < 4.78 is 31.7. The van der Waals surface area contributed by atoms with Gasteiger partial charge in [-0.3, -0.25) is 9.59 Å². The molecule has 0 fully saturated rings. The average molecular weight is 321 g/mol. The fraction of sp³-hybridized carbons (Fsp3) is 0.250. The molecule has 5 N–H and O–H groups in total. The Morgan fingerprint density at radius 2 is 1.77 bits per heavy atom. The molecule has 10 heteroatoms. The molecule has 0 atom stereocenters. The van der Waals surface area contributed by atoms with Crippen molar-refractivity contribution in [2.24, 2.45) is 11.5 Å². The van der Waals surface area contributed by atoms with Gasteiger partial charge in [0.05, 0.1) is 6.54 Å². The third-order valence-corrected chi connectivity index (χ3v) is 2.31. The Kier molecular flexibility index (Phi) is 7.03. The van der Waals surface area contributed by atoms with E-state index in [-0.39, 0.29) is 12.5 Å². The number of amides is 2. The minimum Gasteiger partial charge on any atom is -0.475 e. The van der Waals surface area contributed by atoms with Crippen molar-refractivity contribution in [3.63, 3.8) is 0 Å². The van der Waals surface area contributed by atoms with E-state index in [9.17, 15) is 22.8 Å². The number of hydrogen-bond donors (Lipinski definition) is 3. The molecule has 0 radical (unpaired) electrons. The van der Waals surface area contributed by atoms with E-state index in [2.05, 4.69) is 0 Å². The minimum absolute atomic E-state index is 0.0721. The van der Waals surface area contributed by atoms with Crippen LogP contribution in [0.5, 0.6) is 0 Å². The number of carboxylic acids is 1. The lowest BCUT2D eigenvalue weighted by atomic mass is 10.2. The van der Waals surface area contributed by atoms with Gasteiger partial charge in [0.15, 0.2) is 0 Å². The molecule has 0 aliphatic carbocycles. The van der Waals surface area contributed by atoms with Gasteiger partial charge in [0, 0.05) is 18.3 Å². The molecule has 0 aliphatic rings. The molecule has 0 saturated carbocycles. The Morgan fingerprint density at radius 1 is 1.27 bits per heavy atom. The topological polar surface area (TPSA) is 127 Å². The molecule has 2 amide bonds. The number of alkyl halides is 3. The van der Waals surface area contributed by atoms with E-state index in [0.717, 1.165) is 0 Å². The highest BCUT2D eigenvalue weighted by Gasteiger charge is 2.38.